The molecule has 1 aromatic heterocycles. The van der Waals surface area contributed by atoms with Gasteiger partial charge in [-0.1, -0.05) is 0 Å². The predicted octanol–water partition coefficient (Wildman–Crippen LogP) is 0.379. The number of nitrogens with zero attached hydrogens (tertiary/aromatic N) is 4. The zero-order valence-electron chi connectivity index (χ0n) is 8.10. The van der Waals surface area contributed by atoms with Crippen molar-refractivity contribution in [3.8, 4) is 0 Å². The van der Waals surface area contributed by atoms with Crippen LogP contribution in [0.2, 0.25) is 0 Å². The molecule has 1 fully saturated rings. The highest BCUT2D eigenvalue weighted by Crippen LogP contribution is 2.08. The lowest BCUT2D eigenvalue weighted by Crippen LogP contribution is -2.37. The average Bonchev–Trinajstić information content (AvgIpc) is 2.31. The lowest BCUT2D eigenvalue weighted by molar-refractivity contribution is 0.122. The van der Waals surface area contributed by atoms with Crippen molar-refractivity contribution in [1.82, 2.24) is 15.0 Å². The molecule has 1 aromatic rings. The van der Waals surface area contributed by atoms with E-state index in [0.29, 0.717) is 25.0 Å². The fraction of sp³-hybridized carbons (Fsp3) is 0.625. The number of ether oxygens (including phenoxy) is 1. The molecule has 0 amide bonds. The first-order valence-corrected chi connectivity index (χ1v) is 4.95. The standard InChI is InChI=1S/C8H11ClN4O2/c9-15-5-7-10-6-11-8(12-7)13-1-3-14-4-2-13/h6H,1-5H2. The normalized spacial score (nSPS) is 16.7. The highest BCUT2D eigenvalue weighted by atomic mass is 35.5. The van der Waals surface area contributed by atoms with Crippen LogP contribution < -0.4 is 4.90 Å². The second-order valence-electron chi connectivity index (χ2n) is 3.05. The summed E-state index contributed by atoms with van der Waals surface area (Å²) in [5, 5.41) is 0. The molecule has 0 unspecified atom stereocenters. The van der Waals surface area contributed by atoms with Gasteiger partial charge in [-0.25, -0.2) is 9.97 Å². The van der Waals surface area contributed by atoms with Gasteiger partial charge in [0.15, 0.2) is 5.82 Å². The molecule has 6 nitrogen and oxygen atoms in total. The maximum absolute atomic E-state index is 5.24. The van der Waals surface area contributed by atoms with Crippen LogP contribution in [0.3, 0.4) is 0 Å². The third-order valence-electron chi connectivity index (χ3n) is 2.09. The van der Waals surface area contributed by atoms with Gasteiger partial charge in [0.1, 0.15) is 12.9 Å². The Bertz CT molecular complexity index is 319. The summed E-state index contributed by atoms with van der Waals surface area (Å²) < 4.78 is 9.69. The highest BCUT2D eigenvalue weighted by molar-refractivity contribution is 6.07. The number of morpholine rings is 1. The van der Waals surface area contributed by atoms with E-state index in [1.165, 1.54) is 6.33 Å². The second-order valence-corrected chi connectivity index (χ2v) is 3.27. The monoisotopic (exact) mass is 230 g/mol. The van der Waals surface area contributed by atoms with E-state index in [2.05, 4.69) is 19.2 Å². The van der Waals surface area contributed by atoms with Crippen LogP contribution in [0, 0.1) is 0 Å². The quantitative estimate of drug-likeness (QED) is 0.748. The number of aromatic nitrogens is 3. The molecule has 0 bridgehead atoms. The summed E-state index contributed by atoms with van der Waals surface area (Å²) in [6, 6.07) is 0. The van der Waals surface area contributed by atoms with Gasteiger partial charge in [0, 0.05) is 13.1 Å². The van der Waals surface area contributed by atoms with Crippen molar-refractivity contribution in [2.45, 2.75) is 6.61 Å². The predicted molar refractivity (Wildman–Crippen MR) is 53.5 cm³/mol. The van der Waals surface area contributed by atoms with Gasteiger partial charge in [-0.15, -0.1) is 0 Å². The first-order chi connectivity index (χ1) is 7.40. The summed E-state index contributed by atoms with van der Waals surface area (Å²) in [5.41, 5.74) is 0. The molecule has 0 radical (unpaired) electrons. The van der Waals surface area contributed by atoms with E-state index in [9.17, 15) is 0 Å². The van der Waals surface area contributed by atoms with Crippen molar-refractivity contribution < 1.29 is 9.03 Å². The summed E-state index contributed by atoms with van der Waals surface area (Å²) in [5.74, 6) is 1.18. The summed E-state index contributed by atoms with van der Waals surface area (Å²) in [6.07, 6.45) is 1.46. The van der Waals surface area contributed by atoms with Gasteiger partial charge in [-0.2, -0.15) is 4.98 Å². The van der Waals surface area contributed by atoms with Crippen molar-refractivity contribution >= 4 is 17.8 Å². The molecule has 15 heavy (non-hydrogen) atoms. The minimum Gasteiger partial charge on any atom is -0.378 e. The van der Waals surface area contributed by atoms with E-state index >= 15 is 0 Å². The van der Waals surface area contributed by atoms with Crippen molar-refractivity contribution in [2.75, 3.05) is 31.2 Å². The Morgan fingerprint density at radius 3 is 2.93 bits per heavy atom. The Morgan fingerprint density at radius 2 is 2.20 bits per heavy atom. The Morgan fingerprint density at radius 1 is 1.40 bits per heavy atom. The van der Waals surface area contributed by atoms with Crippen molar-refractivity contribution in [3.05, 3.63) is 12.2 Å². The van der Waals surface area contributed by atoms with E-state index in [-0.39, 0.29) is 6.61 Å². The average molecular weight is 231 g/mol. The van der Waals surface area contributed by atoms with E-state index in [0.717, 1.165) is 13.1 Å². The van der Waals surface area contributed by atoms with Crippen molar-refractivity contribution in [2.24, 2.45) is 0 Å². The van der Waals surface area contributed by atoms with Crippen LogP contribution in [0.5, 0.6) is 0 Å². The Kier molecular flexibility index (Phi) is 3.65. The van der Waals surface area contributed by atoms with Gasteiger partial charge in [-0.3, -0.25) is 4.29 Å². The first-order valence-electron chi connectivity index (χ1n) is 4.64. The summed E-state index contributed by atoms with van der Waals surface area (Å²) in [6.45, 7) is 3.18. The molecule has 0 aliphatic carbocycles. The van der Waals surface area contributed by atoms with Crippen LogP contribution in [0.1, 0.15) is 5.82 Å². The zero-order chi connectivity index (χ0) is 10.5. The topological polar surface area (TPSA) is 60.4 Å². The Balaban J connectivity index is 2.09. The fourth-order valence-corrected chi connectivity index (χ4v) is 1.45. The van der Waals surface area contributed by atoms with Crippen molar-refractivity contribution in [3.63, 3.8) is 0 Å². The number of hydrogen-bond donors (Lipinski definition) is 0. The van der Waals surface area contributed by atoms with Gasteiger partial charge in [0.2, 0.25) is 5.95 Å². The van der Waals surface area contributed by atoms with E-state index in [4.69, 9.17) is 16.6 Å². The molecule has 2 rings (SSSR count). The molecule has 82 valence electrons. The van der Waals surface area contributed by atoms with Gasteiger partial charge in [0.25, 0.3) is 0 Å². The molecular formula is C8H11ClN4O2. The smallest absolute Gasteiger partial charge is 0.228 e. The van der Waals surface area contributed by atoms with Gasteiger partial charge in [0.05, 0.1) is 25.1 Å². The first kappa shape index (κ1) is 10.5. The minimum absolute atomic E-state index is 0.182. The van der Waals surface area contributed by atoms with Gasteiger partial charge in [-0.05, 0) is 0 Å². The summed E-state index contributed by atoms with van der Waals surface area (Å²) >= 11 is 5.14. The van der Waals surface area contributed by atoms with Crippen LogP contribution >= 0.6 is 11.9 Å². The zero-order valence-corrected chi connectivity index (χ0v) is 8.85. The molecule has 0 saturated carbocycles. The van der Waals surface area contributed by atoms with Crippen LogP contribution in [0.4, 0.5) is 5.95 Å². The molecule has 2 heterocycles. The number of hydrogen-bond acceptors (Lipinski definition) is 6. The Labute approximate surface area is 92.4 Å². The van der Waals surface area contributed by atoms with Crippen LogP contribution in [-0.2, 0) is 15.6 Å². The van der Waals surface area contributed by atoms with Crippen LogP contribution in [0.15, 0.2) is 6.33 Å². The molecule has 0 aromatic carbocycles. The largest absolute Gasteiger partial charge is 0.378 e. The third kappa shape index (κ3) is 2.74. The van der Waals surface area contributed by atoms with E-state index in [1.807, 2.05) is 4.90 Å². The fourth-order valence-electron chi connectivity index (χ4n) is 1.35. The van der Waals surface area contributed by atoms with Crippen molar-refractivity contribution in [1.29, 1.82) is 0 Å². The Hall–Kier alpha value is -0.980. The maximum Gasteiger partial charge on any atom is 0.228 e. The summed E-state index contributed by atoms with van der Waals surface area (Å²) in [7, 11) is 0. The van der Waals surface area contributed by atoms with Gasteiger partial charge >= 0.3 is 0 Å². The summed E-state index contributed by atoms with van der Waals surface area (Å²) in [4.78, 5) is 14.3. The molecule has 1 aliphatic heterocycles. The molecule has 7 heteroatoms. The van der Waals surface area contributed by atoms with E-state index in [1.54, 1.807) is 0 Å². The SMILES string of the molecule is ClOCc1ncnc(N2CCOCC2)n1. The molecular weight excluding hydrogens is 220 g/mol. The molecule has 0 N–H and O–H groups in total. The third-order valence-corrected chi connectivity index (χ3v) is 2.20. The lowest BCUT2D eigenvalue weighted by atomic mass is 10.4. The molecule has 0 spiro atoms. The molecule has 0 atom stereocenters. The second kappa shape index (κ2) is 5.20. The van der Waals surface area contributed by atoms with E-state index < -0.39 is 0 Å². The maximum atomic E-state index is 5.24. The van der Waals surface area contributed by atoms with Crippen LogP contribution in [-0.4, -0.2) is 41.3 Å². The molecule has 1 aliphatic rings. The number of halogens is 1. The lowest BCUT2D eigenvalue weighted by Gasteiger charge is -2.26. The number of rotatable bonds is 3. The van der Waals surface area contributed by atoms with Gasteiger partial charge < -0.3 is 9.64 Å². The minimum atomic E-state index is 0.182. The number of anilines is 1. The van der Waals surface area contributed by atoms with Crippen LogP contribution in [0.25, 0.3) is 0 Å². The molecule has 1 saturated heterocycles. The highest BCUT2D eigenvalue weighted by Gasteiger charge is 2.14.